The minimum absolute atomic E-state index is 0.0306. The van der Waals surface area contributed by atoms with Gasteiger partial charge in [0.2, 0.25) is 0 Å². The van der Waals surface area contributed by atoms with E-state index in [1.54, 1.807) is 13.8 Å². The molecule has 80 valence electrons. The van der Waals surface area contributed by atoms with E-state index in [1.165, 1.54) is 18.3 Å². The van der Waals surface area contributed by atoms with Gasteiger partial charge in [-0.05, 0) is 6.92 Å². The summed E-state index contributed by atoms with van der Waals surface area (Å²) in [5.41, 5.74) is 0.423. The van der Waals surface area contributed by atoms with Crippen LogP contribution < -0.4 is 0 Å². The summed E-state index contributed by atoms with van der Waals surface area (Å²) in [5, 5.41) is 10.5. The van der Waals surface area contributed by atoms with E-state index < -0.39 is 4.92 Å². The van der Waals surface area contributed by atoms with Crippen molar-refractivity contribution in [1.82, 2.24) is 4.98 Å². The molecule has 1 atom stereocenters. The number of ketones is 1. The maximum Gasteiger partial charge on any atom is 0.272 e. The van der Waals surface area contributed by atoms with E-state index in [-0.39, 0.29) is 17.4 Å². The van der Waals surface area contributed by atoms with E-state index in [2.05, 4.69) is 4.98 Å². The number of pyridine rings is 1. The number of nitro groups is 1. The molecule has 0 saturated carbocycles. The van der Waals surface area contributed by atoms with Crippen molar-refractivity contribution in [2.24, 2.45) is 0 Å². The molecule has 1 aromatic heterocycles. The number of carbonyl (C=O) groups is 1. The lowest BCUT2D eigenvalue weighted by Gasteiger charge is -2.07. The number of carbonyl (C=O) groups excluding carboxylic acids is 1. The highest BCUT2D eigenvalue weighted by Gasteiger charge is 2.17. The second-order valence-electron chi connectivity index (χ2n) is 3.24. The zero-order chi connectivity index (χ0) is 11.4. The number of hydrogen-bond donors (Lipinski definition) is 0. The molecule has 0 bridgehead atoms. The molecule has 0 amide bonds. The van der Waals surface area contributed by atoms with Crippen LogP contribution in [0.4, 0.5) is 5.69 Å². The molecule has 0 N–H and O–H groups in total. The summed E-state index contributed by atoms with van der Waals surface area (Å²) in [7, 11) is 0. The maximum absolute atomic E-state index is 11.4. The van der Waals surface area contributed by atoms with E-state index >= 15 is 0 Å². The first-order valence-corrected chi connectivity index (χ1v) is 4.69. The van der Waals surface area contributed by atoms with Gasteiger partial charge in [-0.15, -0.1) is 0 Å². The predicted octanol–water partition coefficient (Wildman–Crippen LogP) is 2.07. The summed E-state index contributed by atoms with van der Waals surface area (Å²) in [6.45, 7) is 3.47. The second-order valence-corrected chi connectivity index (χ2v) is 3.24. The van der Waals surface area contributed by atoms with Gasteiger partial charge in [-0.25, -0.2) is 0 Å². The van der Waals surface area contributed by atoms with Gasteiger partial charge in [0.15, 0.2) is 0 Å². The first-order chi connectivity index (χ1) is 7.06. The molecule has 1 unspecified atom stereocenters. The van der Waals surface area contributed by atoms with Crippen molar-refractivity contribution in [2.75, 3.05) is 0 Å². The van der Waals surface area contributed by atoms with Gasteiger partial charge in [-0.2, -0.15) is 0 Å². The Labute approximate surface area is 87.3 Å². The normalized spacial score (nSPS) is 12.1. The molecule has 0 spiro atoms. The average molecular weight is 208 g/mol. The molecule has 0 radical (unpaired) electrons. The van der Waals surface area contributed by atoms with Gasteiger partial charge < -0.3 is 0 Å². The van der Waals surface area contributed by atoms with Crippen molar-refractivity contribution in [3.63, 3.8) is 0 Å². The molecule has 0 saturated heterocycles. The molecule has 1 rings (SSSR count). The van der Waals surface area contributed by atoms with Crippen LogP contribution in [-0.4, -0.2) is 15.7 Å². The molecule has 0 aromatic carbocycles. The van der Waals surface area contributed by atoms with Gasteiger partial charge in [-0.3, -0.25) is 19.9 Å². The Morgan fingerprint density at radius 2 is 2.33 bits per heavy atom. The number of hydrogen-bond acceptors (Lipinski definition) is 4. The molecular weight excluding hydrogens is 196 g/mol. The van der Waals surface area contributed by atoms with Crippen molar-refractivity contribution in [1.29, 1.82) is 0 Å². The van der Waals surface area contributed by atoms with Gasteiger partial charge in [0, 0.05) is 24.8 Å². The molecule has 5 heteroatoms. The van der Waals surface area contributed by atoms with Crippen LogP contribution >= 0.6 is 0 Å². The molecule has 5 nitrogen and oxygen atoms in total. The highest BCUT2D eigenvalue weighted by Crippen LogP contribution is 2.19. The number of nitrogens with zero attached hydrogens (tertiary/aromatic N) is 2. The molecule has 15 heavy (non-hydrogen) atoms. The Hall–Kier alpha value is -1.78. The fourth-order valence-electron chi connectivity index (χ4n) is 1.26. The maximum atomic E-state index is 11.4. The summed E-state index contributed by atoms with van der Waals surface area (Å²) in [4.78, 5) is 25.4. The fraction of sp³-hybridized carbons (Fsp3) is 0.400. The molecule has 0 aliphatic rings. The van der Waals surface area contributed by atoms with Gasteiger partial charge in [0.1, 0.15) is 5.78 Å². The lowest BCUT2D eigenvalue weighted by Crippen LogP contribution is -2.09. The van der Waals surface area contributed by atoms with Crippen LogP contribution in [0.2, 0.25) is 0 Å². The van der Waals surface area contributed by atoms with Gasteiger partial charge >= 0.3 is 0 Å². The summed E-state index contributed by atoms with van der Waals surface area (Å²) >= 11 is 0. The smallest absolute Gasteiger partial charge is 0.272 e. The minimum Gasteiger partial charge on any atom is -0.299 e. The number of Topliss-reactive ketones (excluding diaryl/α,β-unsaturated/α-hetero) is 1. The van der Waals surface area contributed by atoms with Crippen molar-refractivity contribution in [3.05, 3.63) is 34.1 Å². The van der Waals surface area contributed by atoms with Crippen LogP contribution in [0.5, 0.6) is 0 Å². The highest BCUT2D eigenvalue weighted by molar-refractivity contribution is 5.84. The third-order valence-electron chi connectivity index (χ3n) is 2.25. The van der Waals surface area contributed by atoms with E-state index in [0.29, 0.717) is 12.1 Å². The second kappa shape index (κ2) is 4.63. The van der Waals surface area contributed by atoms with Crippen LogP contribution in [0, 0.1) is 10.1 Å². The Bertz CT molecular complexity index is 390. The molecule has 0 aliphatic carbocycles. The fourth-order valence-corrected chi connectivity index (χ4v) is 1.26. The van der Waals surface area contributed by atoms with E-state index in [4.69, 9.17) is 0 Å². The standard InChI is InChI=1S/C10H12N2O3/c1-3-10(13)7(2)9-6-8(12(14)15)4-5-11-9/h4-7H,3H2,1-2H3. The largest absolute Gasteiger partial charge is 0.299 e. The SMILES string of the molecule is CCC(=O)C(C)c1cc([N+](=O)[O-])ccn1. The third kappa shape index (κ3) is 2.59. The quantitative estimate of drug-likeness (QED) is 0.560. The van der Waals surface area contributed by atoms with Crippen LogP contribution in [-0.2, 0) is 4.79 Å². The summed E-state index contributed by atoms with van der Waals surface area (Å²) in [6, 6.07) is 2.66. The van der Waals surface area contributed by atoms with Crippen molar-refractivity contribution < 1.29 is 9.72 Å². The van der Waals surface area contributed by atoms with Gasteiger partial charge in [0.05, 0.1) is 16.5 Å². The molecule has 0 aliphatic heterocycles. The topological polar surface area (TPSA) is 73.1 Å². The first-order valence-electron chi connectivity index (χ1n) is 4.69. The monoisotopic (exact) mass is 208 g/mol. The van der Waals surface area contributed by atoms with Crippen LogP contribution in [0.15, 0.2) is 18.3 Å². The number of rotatable bonds is 4. The third-order valence-corrected chi connectivity index (χ3v) is 2.25. The molecular formula is C10H12N2O3. The van der Waals surface area contributed by atoms with E-state index in [1.807, 2.05) is 0 Å². The lowest BCUT2D eigenvalue weighted by atomic mass is 10.00. The average Bonchev–Trinajstić information content (AvgIpc) is 2.27. The van der Waals surface area contributed by atoms with E-state index in [0.717, 1.165) is 0 Å². The zero-order valence-corrected chi connectivity index (χ0v) is 8.64. The summed E-state index contributed by atoms with van der Waals surface area (Å²) in [6.07, 6.45) is 1.76. The summed E-state index contributed by atoms with van der Waals surface area (Å²) in [5.74, 6) is -0.349. The summed E-state index contributed by atoms with van der Waals surface area (Å²) < 4.78 is 0. The van der Waals surface area contributed by atoms with Crippen molar-refractivity contribution in [3.8, 4) is 0 Å². The zero-order valence-electron chi connectivity index (χ0n) is 8.64. The van der Waals surface area contributed by atoms with Crippen LogP contribution in [0.1, 0.15) is 31.9 Å². The van der Waals surface area contributed by atoms with Crippen LogP contribution in [0.3, 0.4) is 0 Å². The Balaban J connectivity index is 3.00. The van der Waals surface area contributed by atoms with Crippen molar-refractivity contribution in [2.45, 2.75) is 26.2 Å². The van der Waals surface area contributed by atoms with Crippen molar-refractivity contribution >= 4 is 11.5 Å². The lowest BCUT2D eigenvalue weighted by molar-refractivity contribution is -0.385. The number of aromatic nitrogens is 1. The Kier molecular flexibility index (Phi) is 3.49. The molecule has 0 fully saturated rings. The van der Waals surface area contributed by atoms with Gasteiger partial charge in [-0.1, -0.05) is 6.92 Å². The van der Waals surface area contributed by atoms with Crippen LogP contribution in [0.25, 0.3) is 0 Å². The molecule has 1 heterocycles. The first kappa shape index (κ1) is 11.3. The Morgan fingerprint density at radius 3 is 2.87 bits per heavy atom. The Morgan fingerprint density at radius 1 is 1.67 bits per heavy atom. The van der Waals surface area contributed by atoms with Gasteiger partial charge in [0.25, 0.3) is 5.69 Å². The highest BCUT2D eigenvalue weighted by atomic mass is 16.6. The molecule has 1 aromatic rings. The predicted molar refractivity (Wildman–Crippen MR) is 54.6 cm³/mol. The minimum atomic E-state index is -0.492. The van der Waals surface area contributed by atoms with E-state index in [9.17, 15) is 14.9 Å².